The predicted molar refractivity (Wildman–Crippen MR) is 114 cm³/mol. The zero-order valence-electron chi connectivity index (χ0n) is 16.1. The SMILES string of the molecule is CCC(C(=O)Nc1nnc(C2CC(=O)N(c3ccccc3)C2)s1)c1ccccc1. The van der Waals surface area contributed by atoms with Crippen LogP contribution in [0.15, 0.2) is 60.7 Å². The molecule has 7 heteroatoms. The average molecular weight is 407 g/mol. The smallest absolute Gasteiger partial charge is 0.233 e. The van der Waals surface area contributed by atoms with Crippen LogP contribution in [0.2, 0.25) is 0 Å². The van der Waals surface area contributed by atoms with Gasteiger partial charge in [-0.1, -0.05) is 66.8 Å². The number of nitrogens with zero attached hydrogens (tertiary/aromatic N) is 3. The molecule has 1 fully saturated rings. The van der Waals surface area contributed by atoms with Crippen molar-refractivity contribution in [1.82, 2.24) is 10.2 Å². The minimum Gasteiger partial charge on any atom is -0.312 e. The van der Waals surface area contributed by atoms with Crippen molar-refractivity contribution in [1.29, 1.82) is 0 Å². The summed E-state index contributed by atoms with van der Waals surface area (Å²) in [6.45, 7) is 2.57. The first-order chi connectivity index (χ1) is 14.2. The number of nitrogens with one attached hydrogen (secondary N) is 1. The summed E-state index contributed by atoms with van der Waals surface area (Å²) in [6.07, 6.45) is 1.10. The van der Waals surface area contributed by atoms with Gasteiger partial charge in [0.25, 0.3) is 0 Å². The lowest BCUT2D eigenvalue weighted by Crippen LogP contribution is -2.24. The van der Waals surface area contributed by atoms with Crippen LogP contribution in [-0.2, 0) is 9.59 Å². The first-order valence-electron chi connectivity index (χ1n) is 9.70. The Morgan fingerprint density at radius 2 is 1.83 bits per heavy atom. The van der Waals surface area contributed by atoms with E-state index in [1.807, 2.05) is 67.6 Å². The number of para-hydroxylation sites is 1. The topological polar surface area (TPSA) is 75.2 Å². The number of benzene rings is 2. The Morgan fingerprint density at radius 3 is 2.52 bits per heavy atom. The van der Waals surface area contributed by atoms with Crippen LogP contribution in [0.25, 0.3) is 0 Å². The maximum Gasteiger partial charge on any atom is 0.233 e. The third kappa shape index (κ3) is 4.19. The summed E-state index contributed by atoms with van der Waals surface area (Å²) in [5.74, 6) is -0.251. The van der Waals surface area contributed by atoms with Crippen molar-refractivity contribution < 1.29 is 9.59 Å². The summed E-state index contributed by atoms with van der Waals surface area (Å²) in [4.78, 5) is 27.0. The maximum atomic E-state index is 12.7. The van der Waals surface area contributed by atoms with Crippen LogP contribution in [-0.4, -0.2) is 28.6 Å². The van der Waals surface area contributed by atoms with E-state index in [1.54, 1.807) is 4.90 Å². The molecule has 0 radical (unpaired) electrons. The molecule has 3 aromatic rings. The minimum absolute atomic E-state index is 0.0121. The van der Waals surface area contributed by atoms with Crippen LogP contribution in [0.1, 0.15) is 42.2 Å². The van der Waals surface area contributed by atoms with Gasteiger partial charge in [-0.05, 0) is 24.1 Å². The summed E-state index contributed by atoms with van der Waals surface area (Å²) in [6, 6.07) is 19.4. The van der Waals surface area contributed by atoms with Crippen molar-refractivity contribution in [3.05, 3.63) is 71.2 Å². The number of hydrogen-bond donors (Lipinski definition) is 1. The van der Waals surface area contributed by atoms with E-state index in [4.69, 9.17) is 0 Å². The fraction of sp³-hybridized carbons (Fsp3) is 0.273. The van der Waals surface area contributed by atoms with Gasteiger partial charge < -0.3 is 4.90 Å². The summed E-state index contributed by atoms with van der Waals surface area (Å²) >= 11 is 1.35. The number of anilines is 2. The zero-order valence-corrected chi connectivity index (χ0v) is 16.9. The molecule has 1 aliphatic heterocycles. The van der Waals surface area contributed by atoms with Crippen molar-refractivity contribution in [3.8, 4) is 0 Å². The maximum absolute atomic E-state index is 12.7. The Kier molecular flexibility index (Phi) is 5.67. The molecule has 2 aromatic carbocycles. The number of hydrogen-bond acceptors (Lipinski definition) is 5. The molecule has 2 heterocycles. The number of carbonyl (C=O) groups is 2. The molecule has 0 saturated carbocycles. The molecule has 2 unspecified atom stereocenters. The van der Waals surface area contributed by atoms with Crippen LogP contribution < -0.4 is 10.2 Å². The molecule has 4 rings (SSSR count). The first-order valence-corrected chi connectivity index (χ1v) is 10.5. The molecule has 6 nitrogen and oxygen atoms in total. The normalized spacial score (nSPS) is 17.3. The minimum atomic E-state index is -0.231. The Labute approximate surface area is 173 Å². The van der Waals surface area contributed by atoms with Gasteiger partial charge in [0, 0.05) is 24.6 Å². The lowest BCUT2D eigenvalue weighted by Gasteiger charge is -2.15. The second-order valence-electron chi connectivity index (χ2n) is 7.05. The zero-order chi connectivity index (χ0) is 20.2. The lowest BCUT2D eigenvalue weighted by atomic mass is 9.96. The van der Waals surface area contributed by atoms with E-state index in [2.05, 4.69) is 15.5 Å². The highest BCUT2D eigenvalue weighted by molar-refractivity contribution is 7.15. The molecule has 0 bridgehead atoms. The summed E-state index contributed by atoms with van der Waals surface area (Å²) in [5, 5.41) is 12.5. The fourth-order valence-electron chi connectivity index (χ4n) is 3.63. The van der Waals surface area contributed by atoms with Gasteiger partial charge in [-0.15, -0.1) is 10.2 Å². The van der Waals surface area contributed by atoms with Crippen LogP contribution in [0.5, 0.6) is 0 Å². The molecule has 0 aliphatic carbocycles. The molecule has 1 aliphatic rings. The van der Waals surface area contributed by atoms with E-state index in [1.165, 1.54) is 11.3 Å². The second kappa shape index (κ2) is 8.53. The molecule has 29 heavy (non-hydrogen) atoms. The Morgan fingerprint density at radius 1 is 1.14 bits per heavy atom. The Balaban J connectivity index is 1.43. The molecule has 148 valence electrons. The highest BCUT2D eigenvalue weighted by Crippen LogP contribution is 2.34. The van der Waals surface area contributed by atoms with Gasteiger partial charge in [-0.2, -0.15) is 0 Å². The summed E-state index contributed by atoms with van der Waals surface area (Å²) < 4.78 is 0. The fourth-order valence-corrected chi connectivity index (χ4v) is 4.47. The molecule has 0 spiro atoms. The standard InChI is InChI=1S/C22H22N4O2S/c1-2-18(15-9-5-3-6-10-15)20(28)23-22-25-24-21(29-22)16-13-19(27)26(14-16)17-11-7-4-8-12-17/h3-12,16,18H,2,13-14H2,1H3,(H,23,25,28). The van der Waals surface area contributed by atoms with E-state index in [9.17, 15) is 9.59 Å². The van der Waals surface area contributed by atoms with Crippen LogP contribution >= 0.6 is 11.3 Å². The number of amides is 2. The number of carbonyl (C=O) groups excluding carboxylic acids is 2. The second-order valence-corrected chi connectivity index (χ2v) is 8.06. The van der Waals surface area contributed by atoms with Crippen LogP contribution in [0, 0.1) is 0 Å². The van der Waals surface area contributed by atoms with E-state index in [0.29, 0.717) is 24.5 Å². The van der Waals surface area contributed by atoms with Gasteiger partial charge in [0.2, 0.25) is 16.9 Å². The molecule has 1 saturated heterocycles. The predicted octanol–water partition coefficient (Wildman–Crippen LogP) is 4.19. The Hall–Kier alpha value is -3.06. The molecule has 1 aromatic heterocycles. The van der Waals surface area contributed by atoms with Crippen molar-refractivity contribution in [2.24, 2.45) is 0 Å². The monoisotopic (exact) mass is 406 g/mol. The van der Waals surface area contributed by atoms with Gasteiger partial charge in [-0.25, -0.2) is 0 Å². The van der Waals surface area contributed by atoms with Gasteiger partial charge in [0.05, 0.1) is 5.92 Å². The highest BCUT2D eigenvalue weighted by atomic mass is 32.1. The Bertz CT molecular complexity index is 990. The summed E-state index contributed by atoms with van der Waals surface area (Å²) in [7, 11) is 0. The van der Waals surface area contributed by atoms with E-state index in [-0.39, 0.29) is 23.7 Å². The van der Waals surface area contributed by atoms with Gasteiger partial charge in [0.15, 0.2) is 0 Å². The quantitative estimate of drug-likeness (QED) is 0.666. The lowest BCUT2D eigenvalue weighted by molar-refractivity contribution is -0.118. The van der Waals surface area contributed by atoms with Crippen molar-refractivity contribution in [3.63, 3.8) is 0 Å². The molecular formula is C22H22N4O2S. The van der Waals surface area contributed by atoms with Crippen molar-refractivity contribution in [2.75, 3.05) is 16.8 Å². The molecule has 2 amide bonds. The number of rotatable bonds is 6. The molecule has 2 atom stereocenters. The third-order valence-corrected chi connectivity index (χ3v) is 6.14. The van der Waals surface area contributed by atoms with Crippen molar-refractivity contribution in [2.45, 2.75) is 31.6 Å². The van der Waals surface area contributed by atoms with E-state index in [0.717, 1.165) is 16.3 Å². The average Bonchev–Trinajstić information content (AvgIpc) is 3.36. The van der Waals surface area contributed by atoms with Crippen LogP contribution in [0.4, 0.5) is 10.8 Å². The number of aromatic nitrogens is 2. The first kappa shape index (κ1) is 19.3. The molecule has 1 N–H and O–H groups in total. The van der Waals surface area contributed by atoms with Crippen LogP contribution in [0.3, 0.4) is 0 Å². The molecular weight excluding hydrogens is 384 g/mol. The van der Waals surface area contributed by atoms with Crippen molar-refractivity contribution >= 4 is 34.0 Å². The highest BCUT2D eigenvalue weighted by Gasteiger charge is 2.34. The van der Waals surface area contributed by atoms with E-state index >= 15 is 0 Å². The third-order valence-electron chi connectivity index (χ3n) is 5.14. The largest absolute Gasteiger partial charge is 0.312 e. The van der Waals surface area contributed by atoms with Gasteiger partial charge in [0.1, 0.15) is 5.01 Å². The van der Waals surface area contributed by atoms with Gasteiger partial charge in [-0.3, -0.25) is 14.9 Å². The van der Waals surface area contributed by atoms with Gasteiger partial charge >= 0.3 is 0 Å². The summed E-state index contributed by atoms with van der Waals surface area (Å²) in [5.41, 5.74) is 1.88. The van der Waals surface area contributed by atoms with E-state index < -0.39 is 0 Å².